The van der Waals surface area contributed by atoms with E-state index in [0.717, 1.165) is 36.3 Å². The van der Waals surface area contributed by atoms with Crippen molar-refractivity contribution in [1.29, 1.82) is 0 Å². The Balaban J connectivity index is 1.73. The summed E-state index contributed by atoms with van der Waals surface area (Å²) < 4.78 is 42.5. The molecule has 2 aliphatic heterocycles. The van der Waals surface area contributed by atoms with Crippen LogP contribution in [0.3, 0.4) is 0 Å². The minimum Gasteiger partial charge on any atom is -0.384 e. The Morgan fingerprint density at radius 3 is 2.28 bits per heavy atom. The Labute approximate surface area is 181 Å². The lowest BCUT2D eigenvalue weighted by atomic mass is 10.0. The Morgan fingerprint density at radius 1 is 1.00 bits per heavy atom. The van der Waals surface area contributed by atoms with Crippen LogP contribution in [0.15, 0.2) is 29.1 Å². The molecule has 4 rings (SSSR count). The molecule has 0 unspecified atom stereocenters. The molecule has 8 nitrogen and oxygen atoms in total. The topological polar surface area (TPSA) is 101 Å². The maximum Gasteiger partial charge on any atom is 0.416 e. The molecule has 32 heavy (non-hydrogen) atoms. The van der Waals surface area contributed by atoms with Gasteiger partial charge in [0, 0.05) is 38.8 Å². The van der Waals surface area contributed by atoms with Crippen molar-refractivity contribution in [2.45, 2.75) is 19.6 Å². The molecule has 0 spiro atoms. The van der Waals surface area contributed by atoms with Gasteiger partial charge in [0.2, 0.25) is 0 Å². The highest BCUT2D eigenvalue weighted by Crippen LogP contribution is 2.35. The standard InChI is InChI=1S/C21H22F3N5O3/c1-2-27-5-7-28(8-6-27)11-12-3-4-13(9-15(12)21(22,23)24)29-16(30)10-14-17(18(29)25)20(32)26-19(14)31/h3-4,9-10H,2,5-8,11,25H2,1H3,(H,26,31,32). The lowest BCUT2D eigenvalue weighted by Gasteiger charge is -2.34. The van der Waals surface area contributed by atoms with Gasteiger partial charge in [-0.05, 0) is 24.2 Å². The number of nitrogens with zero attached hydrogens (tertiary/aromatic N) is 3. The van der Waals surface area contributed by atoms with Gasteiger partial charge < -0.3 is 10.6 Å². The number of halogens is 3. The van der Waals surface area contributed by atoms with Crippen LogP contribution in [0.5, 0.6) is 0 Å². The Morgan fingerprint density at radius 2 is 1.66 bits per heavy atom. The molecule has 1 fully saturated rings. The molecule has 1 aromatic heterocycles. The van der Waals surface area contributed by atoms with Crippen molar-refractivity contribution in [3.8, 4) is 5.69 Å². The van der Waals surface area contributed by atoms with Crippen molar-refractivity contribution >= 4 is 17.6 Å². The molecule has 2 aliphatic rings. The first-order valence-corrected chi connectivity index (χ1v) is 10.2. The third-order valence-electron chi connectivity index (χ3n) is 5.92. The van der Waals surface area contributed by atoms with Crippen LogP contribution >= 0.6 is 0 Å². The van der Waals surface area contributed by atoms with Crippen LogP contribution in [0, 0.1) is 0 Å². The maximum absolute atomic E-state index is 13.9. The van der Waals surface area contributed by atoms with E-state index < -0.39 is 29.1 Å². The van der Waals surface area contributed by atoms with E-state index in [1.54, 1.807) is 0 Å². The van der Waals surface area contributed by atoms with Crippen molar-refractivity contribution in [3.63, 3.8) is 0 Å². The molecule has 1 saturated heterocycles. The smallest absolute Gasteiger partial charge is 0.384 e. The van der Waals surface area contributed by atoms with Gasteiger partial charge in [0.25, 0.3) is 17.4 Å². The van der Waals surface area contributed by atoms with E-state index in [1.807, 2.05) is 17.1 Å². The van der Waals surface area contributed by atoms with Gasteiger partial charge in [-0.3, -0.25) is 29.2 Å². The number of carbonyl (C=O) groups is 2. The second kappa shape index (κ2) is 8.06. The molecule has 0 aliphatic carbocycles. The van der Waals surface area contributed by atoms with Gasteiger partial charge in [0.1, 0.15) is 5.82 Å². The number of pyridine rings is 1. The highest BCUT2D eigenvalue weighted by atomic mass is 19.4. The first-order valence-electron chi connectivity index (χ1n) is 10.2. The SMILES string of the molecule is CCN1CCN(Cc2ccc(-n3c(N)c4c(cc3=O)C(=O)NC4=O)cc2C(F)(F)F)CC1. The van der Waals surface area contributed by atoms with Gasteiger partial charge in [0.05, 0.1) is 22.4 Å². The average Bonchev–Trinajstić information content (AvgIpc) is 3.02. The number of hydrogen-bond acceptors (Lipinski definition) is 6. The summed E-state index contributed by atoms with van der Waals surface area (Å²) in [7, 11) is 0. The van der Waals surface area contributed by atoms with Crippen molar-refractivity contribution in [3.05, 3.63) is 56.9 Å². The van der Waals surface area contributed by atoms with Crippen LogP contribution in [0.2, 0.25) is 0 Å². The second-order valence-electron chi connectivity index (χ2n) is 7.82. The predicted molar refractivity (Wildman–Crippen MR) is 111 cm³/mol. The van der Waals surface area contributed by atoms with E-state index in [0.29, 0.717) is 13.1 Å². The molecule has 0 saturated carbocycles. The molecule has 2 aromatic rings. The number of alkyl halides is 3. The van der Waals surface area contributed by atoms with Crippen molar-refractivity contribution < 1.29 is 22.8 Å². The molecular formula is C21H22F3N5O3. The zero-order chi connectivity index (χ0) is 23.2. The fourth-order valence-electron chi connectivity index (χ4n) is 4.16. The summed E-state index contributed by atoms with van der Waals surface area (Å²) in [5, 5.41) is 2.03. The highest BCUT2D eigenvalue weighted by Gasteiger charge is 2.36. The van der Waals surface area contributed by atoms with Crippen LogP contribution in [0.4, 0.5) is 19.0 Å². The number of rotatable bonds is 4. The number of aromatic nitrogens is 1. The summed E-state index contributed by atoms with van der Waals surface area (Å²) in [6.07, 6.45) is -4.65. The van der Waals surface area contributed by atoms with Gasteiger partial charge in [0.15, 0.2) is 0 Å². The molecule has 3 heterocycles. The lowest BCUT2D eigenvalue weighted by Crippen LogP contribution is -2.45. The van der Waals surface area contributed by atoms with E-state index >= 15 is 0 Å². The van der Waals surface area contributed by atoms with Crippen LogP contribution in [0.1, 0.15) is 38.8 Å². The van der Waals surface area contributed by atoms with Gasteiger partial charge >= 0.3 is 6.18 Å². The number of anilines is 1. The fourth-order valence-corrected chi connectivity index (χ4v) is 4.16. The number of hydrogen-bond donors (Lipinski definition) is 2. The number of fused-ring (bicyclic) bond motifs is 1. The number of amides is 2. The van der Waals surface area contributed by atoms with Crippen molar-refractivity contribution in [2.75, 3.05) is 38.5 Å². The minimum atomic E-state index is -4.65. The summed E-state index contributed by atoms with van der Waals surface area (Å²) in [6, 6.07) is 4.46. The number of nitrogen functional groups attached to an aromatic ring is 1. The predicted octanol–water partition coefficient (Wildman–Crippen LogP) is 1.46. The first-order chi connectivity index (χ1) is 15.1. The number of benzene rings is 1. The molecule has 0 radical (unpaired) electrons. The molecule has 3 N–H and O–H groups in total. The Hall–Kier alpha value is -3.18. The number of likely N-dealkylation sites (N-methyl/N-ethyl adjacent to an activating group) is 1. The second-order valence-corrected chi connectivity index (χ2v) is 7.82. The van der Waals surface area contributed by atoms with Gasteiger partial charge in [-0.25, -0.2) is 0 Å². The lowest BCUT2D eigenvalue weighted by molar-refractivity contribution is -0.138. The number of carbonyl (C=O) groups excluding carboxylic acids is 2. The third-order valence-corrected chi connectivity index (χ3v) is 5.92. The highest BCUT2D eigenvalue weighted by molar-refractivity contribution is 6.23. The monoisotopic (exact) mass is 449 g/mol. The van der Waals surface area contributed by atoms with Gasteiger partial charge in [-0.2, -0.15) is 13.2 Å². The van der Waals surface area contributed by atoms with Crippen molar-refractivity contribution in [2.24, 2.45) is 0 Å². The normalized spacial score (nSPS) is 17.5. The molecule has 1 aromatic carbocycles. The molecule has 2 amide bonds. The molecule has 170 valence electrons. The van der Waals surface area contributed by atoms with E-state index in [9.17, 15) is 27.6 Å². The van der Waals surface area contributed by atoms with Crippen LogP contribution in [-0.2, 0) is 12.7 Å². The minimum absolute atomic E-state index is 0.0897. The van der Waals surface area contributed by atoms with E-state index in [1.165, 1.54) is 12.1 Å². The molecule has 0 bridgehead atoms. The quantitative estimate of drug-likeness (QED) is 0.686. The summed E-state index contributed by atoms with van der Waals surface area (Å²) in [6.45, 7) is 5.97. The number of imide groups is 1. The molecule has 11 heteroatoms. The number of piperazine rings is 1. The van der Waals surface area contributed by atoms with Crippen LogP contribution in [-0.4, -0.2) is 58.9 Å². The van der Waals surface area contributed by atoms with E-state index in [-0.39, 0.29) is 34.7 Å². The molecule has 0 atom stereocenters. The van der Waals surface area contributed by atoms with Crippen LogP contribution in [0.25, 0.3) is 5.69 Å². The largest absolute Gasteiger partial charge is 0.416 e. The zero-order valence-corrected chi connectivity index (χ0v) is 17.3. The Kier molecular flexibility index (Phi) is 5.55. The number of nitrogens with two attached hydrogens (primary N) is 1. The van der Waals surface area contributed by atoms with Crippen LogP contribution < -0.4 is 16.6 Å². The van der Waals surface area contributed by atoms with Gasteiger partial charge in [-0.15, -0.1) is 0 Å². The zero-order valence-electron chi connectivity index (χ0n) is 17.3. The summed E-state index contributed by atoms with van der Waals surface area (Å²) in [5.41, 5.74) is 3.82. The van der Waals surface area contributed by atoms with E-state index in [4.69, 9.17) is 5.73 Å². The Bertz CT molecular complexity index is 1150. The summed E-state index contributed by atoms with van der Waals surface area (Å²) >= 11 is 0. The summed E-state index contributed by atoms with van der Waals surface area (Å²) in [4.78, 5) is 40.6. The first kappa shape index (κ1) is 22.0. The summed E-state index contributed by atoms with van der Waals surface area (Å²) in [5.74, 6) is -1.95. The maximum atomic E-state index is 13.9. The average molecular weight is 449 g/mol. The number of nitrogens with one attached hydrogen (secondary N) is 1. The third kappa shape index (κ3) is 3.89. The molecular weight excluding hydrogens is 427 g/mol. The van der Waals surface area contributed by atoms with E-state index in [2.05, 4.69) is 4.90 Å². The van der Waals surface area contributed by atoms with Crippen molar-refractivity contribution in [1.82, 2.24) is 19.7 Å². The van der Waals surface area contributed by atoms with Gasteiger partial charge in [-0.1, -0.05) is 13.0 Å². The fraction of sp³-hybridized carbons (Fsp3) is 0.381.